The molecule has 2 unspecified atom stereocenters. The molecular weight excluding hydrogens is 252 g/mol. The van der Waals surface area contributed by atoms with E-state index >= 15 is 0 Å². The zero-order valence-corrected chi connectivity index (χ0v) is 11.6. The van der Waals surface area contributed by atoms with Gasteiger partial charge in [0.1, 0.15) is 5.78 Å². The van der Waals surface area contributed by atoms with Gasteiger partial charge in [0, 0.05) is 12.1 Å². The number of urea groups is 1. The van der Waals surface area contributed by atoms with Crippen molar-refractivity contribution in [2.45, 2.75) is 38.6 Å². The highest BCUT2D eigenvalue weighted by molar-refractivity contribution is 6.14. The van der Waals surface area contributed by atoms with Crippen molar-refractivity contribution in [1.29, 1.82) is 0 Å². The minimum Gasteiger partial charge on any atom is -0.328 e. The van der Waals surface area contributed by atoms with Crippen LogP contribution in [0, 0.1) is 5.41 Å². The molecule has 4 nitrogen and oxygen atoms in total. The van der Waals surface area contributed by atoms with Gasteiger partial charge in [-0.2, -0.15) is 0 Å². The number of nitrogens with zero attached hydrogens (tertiary/aromatic N) is 1. The van der Waals surface area contributed by atoms with Gasteiger partial charge in [0.25, 0.3) is 0 Å². The molecule has 4 heteroatoms. The van der Waals surface area contributed by atoms with Crippen LogP contribution in [-0.2, 0) is 4.79 Å². The maximum atomic E-state index is 12.6. The normalized spacial score (nSPS) is 30.1. The number of carbonyl (C=O) groups is 2. The molecule has 1 N–H and O–H groups in total. The molecule has 1 heterocycles. The maximum absolute atomic E-state index is 12.6. The second-order valence-electron chi connectivity index (χ2n) is 5.59. The number of Topliss-reactive ketones (excluding diaryl/α,β-unsaturated/α-hetero) is 1. The van der Waals surface area contributed by atoms with E-state index in [4.69, 9.17) is 0 Å². The first-order chi connectivity index (χ1) is 9.64. The van der Waals surface area contributed by atoms with Crippen LogP contribution in [0.15, 0.2) is 35.3 Å². The van der Waals surface area contributed by atoms with Crippen LogP contribution in [0.2, 0.25) is 0 Å². The summed E-state index contributed by atoms with van der Waals surface area (Å²) < 4.78 is 0. The van der Waals surface area contributed by atoms with Gasteiger partial charge in [-0.25, -0.2) is 9.79 Å². The number of nitrogens with one attached hydrogen (secondary N) is 1. The van der Waals surface area contributed by atoms with E-state index in [2.05, 4.69) is 10.3 Å². The highest BCUT2D eigenvalue weighted by Gasteiger charge is 2.52. The lowest BCUT2D eigenvalue weighted by Gasteiger charge is -2.44. The van der Waals surface area contributed by atoms with Gasteiger partial charge in [0.15, 0.2) is 0 Å². The summed E-state index contributed by atoms with van der Waals surface area (Å²) in [6.45, 7) is 1.82. The summed E-state index contributed by atoms with van der Waals surface area (Å²) in [5.74, 6) is 0.207. The third-order valence-corrected chi connectivity index (χ3v) is 4.53. The molecule has 2 atom stereocenters. The molecule has 1 aliphatic heterocycles. The number of hydrogen-bond acceptors (Lipinski definition) is 2. The van der Waals surface area contributed by atoms with Crippen molar-refractivity contribution in [3.63, 3.8) is 0 Å². The second kappa shape index (κ2) is 4.85. The van der Waals surface area contributed by atoms with E-state index in [1.54, 1.807) is 0 Å². The molecule has 104 valence electrons. The Morgan fingerprint density at radius 2 is 1.95 bits per heavy atom. The third kappa shape index (κ3) is 1.87. The van der Waals surface area contributed by atoms with Crippen molar-refractivity contribution in [2.75, 3.05) is 0 Å². The van der Waals surface area contributed by atoms with Crippen molar-refractivity contribution < 1.29 is 9.59 Å². The van der Waals surface area contributed by atoms with Crippen LogP contribution in [0.5, 0.6) is 0 Å². The number of benzene rings is 1. The van der Waals surface area contributed by atoms with Crippen molar-refractivity contribution in [1.82, 2.24) is 5.32 Å². The largest absolute Gasteiger partial charge is 0.341 e. The van der Waals surface area contributed by atoms with Gasteiger partial charge in [-0.1, -0.05) is 36.8 Å². The first-order valence-corrected chi connectivity index (χ1v) is 7.09. The maximum Gasteiger partial charge on any atom is 0.341 e. The summed E-state index contributed by atoms with van der Waals surface area (Å²) in [4.78, 5) is 28.5. The predicted molar refractivity (Wildman–Crippen MR) is 76.7 cm³/mol. The van der Waals surface area contributed by atoms with Gasteiger partial charge in [0.2, 0.25) is 0 Å². The summed E-state index contributed by atoms with van der Waals surface area (Å²) in [7, 11) is 0. The molecule has 2 aliphatic rings. The Hall–Kier alpha value is -1.97. The molecule has 3 rings (SSSR count). The first kappa shape index (κ1) is 13.0. The van der Waals surface area contributed by atoms with Gasteiger partial charge in [-0.3, -0.25) is 4.79 Å². The first-order valence-electron chi connectivity index (χ1n) is 7.09. The van der Waals surface area contributed by atoms with Crippen molar-refractivity contribution in [2.24, 2.45) is 10.4 Å². The van der Waals surface area contributed by atoms with Gasteiger partial charge in [0.05, 0.1) is 11.5 Å². The number of ketones is 1. The molecule has 1 fully saturated rings. The SMILES string of the molecule is CC1=NC(=O)NC(c2ccccc2)C12CCCCC2=O. The Bertz CT molecular complexity index is 579. The molecule has 1 saturated carbocycles. The summed E-state index contributed by atoms with van der Waals surface area (Å²) in [6, 6.07) is 9.10. The minimum absolute atomic E-state index is 0.207. The van der Waals surface area contributed by atoms with Crippen LogP contribution in [0.4, 0.5) is 4.79 Å². The van der Waals surface area contributed by atoms with Gasteiger partial charge in [-0.05, 0) is 25.3 Å². The van der Waals surface area contributed by atoms with E-state index in [1.165, 1.54) is 0 Å². The second-order valence-corrected chi connectivity index (χ2v) is 5.59. The van der Waals surface area contributed by atoms with Crippen molar-refractivity contribution in [3.05, 3.63) is 35.9 Å². The lowest BCUT2D eigenvalue weighted by Crippen LogP contribution is -2.54. The Balaban J connectivity index is 2.13. The zero-order chi connectivity index (χ0) is 14.2. The number of rotatable bonds is 1. The Kier molecular flexibility index (Phi) is 3.16. The van der Waals surface area contributed by atoms with E-state index in [0.717, 1.165) is 24.8 Å². The molecule has 1 aromatic carbocycles. The molecule has 0 radical (unpaired) electrons. The molecule has 1 spiro atoms. The lowest BCUT2D eigenvalue weighted by molar-refractivity contribution is -0.128. The fourth-order valence-electron chi connectivity index (χ4n) is 3.49. The van der Waals surface area contributed by atoms with Crippen LogP contribution in [0.25, 0.3) is 0 Å². The van der Waals surface area contributed by atoms with Crippen LogP contribution in [0.3, 0.4) is 0 Å². The predicted octanol–water partition coefficient (Wildman–Crippen LogP) is 3.04. The molecule has 2 amide bonds. The standard InChI is InChI=1S/C16H18N2O2/c1-11-16(10-6-5-9-13(16)19)14(18-15(20)17-11)12-7-3-2-4-8-12/h2-4,7-8,14H,5-6,9-10H2,1H3,(H,18,20). The third-order valence-electron chi connectivity index (χ3n) is 4.53. The lowest BCUT2D eigenvalue weighted by atomic mass is 9.63. The van der Waals surface area contributed by atoms with E-state index < -0.39 is 5.41 Å². The summed E-state index contributed by atoms with van der Waals surface area (Å²) in [5, 5.41) is 2.91. The minimum atomic E-state index is -0.645. The molecule has 0 saturated heterocycles. The number of carbonyl (C=O) groups excluding carboxylic acids is 2. The van der Waals surface area contributed by atoms with Crippen LogP contribution in [-0.4, -0.2) is 17.5 Å². The molecule has 0 bridgehead atoms. The molecule has 1 aromatic rings. The summed E-state index contributed by atoms with van der Waals surface area (Å²) >= 11 is 0. The quantitative estimate of drug-likeness (QED) is 0.852. The highest BCUT2D eigenvalue weighted by Crippen LogP contribution is 2.46. The van der Waals surface area contributed by atoms with Crippen LogP contribution >= 0.6 is 0 Å². The summed E-state index contributed by atoms with van der Waals surface area (Å²) in [5.41, 5.74) is 0.998. The van der Waals surface area contributed by atoms with Gasteiger partial charge < -0.3 is 5.32 Å². The van der Waals surface area contributed by atoms with E-state index in [-0.39, 0.29) is 17.9 Å². The topological polar surface area (TPSA) is 58.5 Å². The Morgan fingerprint density at radius 3 is 2.65 bits per heavy atom. The average molecular weight is 270 g/mol. The monoisotopic (exact) mass is 270 g/mol. The molecule has 20 heavy (non-hydrogen) atoms. The molecule has 0 aromatic heterocycles. The van der Waals surface area contributed by atoms with Crippen molar-refractivity contribution >= 4 is 17.5 Å². The average Bonchev–Trinajstić information content (AvgIpc) is 2.46. The van der Waals surface area contributed by atoms with Crippen LogP contribution in [0.1, 0.15) is 44.2 Å². The van der Waals surface area contributed by atoms with Gasteiger partial charge >= 0.3 is 6.03 Å². The number of amides is 2. The Labute approximate surface area is 118 Å². The fourth-order valence-corrected chi connectivity index (χ4v) is 3.49. The smallest absolute Gasteiger partial charge is 0.328 e. The molecule has 1 aliphatic carbocycles. The number of aliphatic imine (C=N–C) groups is 1. The van der Waals surface area contributed by atoms with E-state index in [1.807, 2.05) is 37.3 Å². The Morgan fingerprint density at radius 1 is 1.20 bits per heavy atom. The van der Waals surface area contributed by atoms with Crippen LogP contribution < -0.4 is 5.32 Å². The zero-order valence-electron chi connectivity index (χ0n) is 11.6. The fraction of sp³-hybridized carbons (Fsp3) is 0.438. The van der Waals surface area contributed by atoms with E-state index in [9.17, 15) is 9.59 Å². The van der Waals surface area contributed by atoms with E-state index in [0.29, 0.717) is 12.1 Å². The number of hydrogen-bond donors (Lipinski definition) is 1. The molecular formula is C16H18N2O2. The van der Waals surface area contributed by atoms with Gasteiger partial charge in [-0.15, -0.1) is 0 Å². The van der Waals surface area contributed by atoms with Crippen molar-refractivity contribution in [3.8, 4) is 0 Å². The summed E-state index contributed by atoms with van der Waals surface area (Å²) in [6.07, 6.45) is 3.27. The highest BCUT2D eigenvalue weighted by atomic mass is 16.2.